The third-order valence-electron chi connectivity index (χ3n) is 4.58. The van der Waals surface area contributed by atoms with E-state index in [9.17, 15) is 4.79 Å². The maximum absolute atomic E-state index is 12.4. The van der Waals surface area contributed by atoms with E-state index in [0.717, 1.165) is 26.1 Å². The van der Waals surface area contributed by atoms with Gasteiger partial charge in [-0.15, -0.1) is 0 Å². The van der Waals surface area contributed by atoms with E-state index in [2.05, 4.69) is 52.2 Å². The monoisotopic (exact) mass is 506 g/mol. The fourth-order valence-electron chi connectivity index (χ4n) is 3.00. The zero-order valence-corrected chi connectivity index (χ0v) is 18.4. The van der Waals surface area contributed by atoms with Crippen LogP contribution in [0.5, 0.6) is 0 Å². The number of carbonyl (C=O) groups is 1. The van der Waals surface area contributed by atoms with E-state index in [4.69, 9.17) is 5.10 Å². The Morgan fingerprint density at radius 1 is 1.00 bits per heavy atom. The highest BCUT2D eigenvalue weighted by Crippen LogP contribution is 2.23. The molecule has 4 rings (SSSR count). The second kappa shape index (κ2) is 9.04. The molecule has 0 aliphatic rings. The van der Waals surface area contributed by atoms with Crippen molar-refractivity contribution in [3.8, 4) is 16.9 Å². The molecule has 4 aromatic rings. The van der Waals surface area contributed by atoms with Gasteiger partial charge in [0.1, 0.15) is 5.69 Å². The third kappa shape index (κ3) is 4.49. The molecule has 0 saturated heterocycles. The molecule has 1 N–H and O–H groups in total. The number of hydrogen-bond donors (Lipinski definition) is 1. The number of benzene rings is 3. The lowest BCUT2D eigenvalue weighted by atomic mass is 10.1. The van der Waals surface area contributed by atoms with Crippen LogP contribution < -0.4 is 5.43 Å². The first kappa shape index (κ1) is 20.0. The molecule has 0 saturated carbocycles. The van der Waals surface area contributed by atoms with Gasteiger partial charge >= 0.3 is 0 Å². The molecule has 0 spiro atoms. The summed E-state index contributed by atoms with van der Waals surface area (Å²) in [5.74, 6) is -0.247. The molecule has 0 atom stereocenters. The molecule has 30 heavy (non-hydrogen) atoms. The Kier molecular flexibility index (Phi) is 6.04. The maximum atomic E-state index is 12.4. The maximum Gasteiger partial charge on any atom is 0.272 e. The first-order valence-corrected chi connectivity index (χ1v) is 10.5. The summed E-state index contributed by atoms with van der Waals surface area (Å²) in [7, 11) is 0. The van der Waals surface area contributed by atoms with Gasteiger partial charge in [-0.25, -0.2) is 10.1 Å². The highest BCUT2D eigenvalue weighted by Gasteiger charge is 2.12. The van der Waals surface area contributed by atoms with Crippen molar-refractivity contribution in [3.05, 3.63) is 105 Å². The van der Waals surface area contributed by atoms with Gasteiger partial charge in [0, 0.05) is 20.9 Å². The molecule has 1 amide bonds. The van der Waals surface area contributed by atoms with Crippen LogP contribution in [0.25, 0.3) is 16.9 Å². The lowest BCUT2D eigenvalue weighted by Gasteiger charge is -2.02. The van der Waals surface area contributed by atoms with Crippen molar-refractivity contribution in [2.45, 2.75) is 6.92 Å². The minimum Gasteiger partial charge on any atom is -0.267 e. The fourth-order valence-corrected chi connectivity index (χ4v) is 3.63. The quantitative estimate of drug-likeness (QED) is 0.229. The molecule has 6 heteroatoms. The Labute approximate surface area is 188 Å². The average Bonchev–Trinajstić information content (AvgIpc) is 3.19. The largest absolute Gasteiger partial charge is 0.272 e. The van der Waals surface area contributed by atoms with Crippen LogP contribution in [0.4, 0.5) is 0 Å². The summed E-state index contributed by atoms with van der Waals surface area (Å²) >= 11 is 2.14. The lowest BCUT2D eigenvalue weighted by molar-refractivity contribution is 0.0954. The smallest absolute Gasteiger partial charge is 0.267 e. The second-order valence-electron chi connectivity index (χ2n) is 6.76. The molecule has 1 heterocycles. The van der Waals surface area contributed by atoms with E-state index in [-0.39, 0.29) is 5.91 Å². The number of aryl methyl sites for hydroxylation is 1. The third-order valence-corrected chi connectivity index (χ3v) is 5.52. The number of rotatable bonds is 5. The summed E-state index contributed by atoms with van der Waals surface area (Å²) in [4.78, 5) is 12.4. The van der Waals surface area contributed by atoms with Crippen LogP contribution in [0.15, 0.2) is 90.2 Å². The predicted octanol–water partition coefficient (Wildman–Crippen LogP) is 5.22. The minimum atomic E-state index is -0.247. The van der Waals surface area contributed by atoms with Gasteiger partial charge < -0.3 is 0 Å². The number of halogens is 1. The number of amides is 1. The average molecular weight is 506 g/mol. The van der Waals surface area contributed by atoms with E-state index < -0.39 is 0 Å². The molecular weight excluding hydrogens is 487 g/mol. The van der Waals surface area contributed by atoms with Crippen LogP contribution in [0.2, 0.25) is 0 Å². The zero-order chi connectivity index (χ0) is 20.9. The number of para-hydroxylation sites is 1. The SMILES string of the molecule is Cc1ccc(-c2nn(-c3ccccc3)cc2C=NNC(=O)c2ccccc2I)cc1. The summed E-state index contributed by atoms with van der Waals surface area (Å²) in [5.41, 5.74) is 7.93. The number of nitrogens with zero attached hydrogens (tertiary/aromatic N) is 3. The summed E-state index contributed by atoms with van der Waals surface area (Å²) < 4.78 is 2.69. The molecule has 0 aliphatic heterocycles. The number of carbonyl (C=O) groups excluding carboxylic acids is 1. The molecule has 5 nitrogen and oxygen atoms in total. The molecule has 148 valence electrons. The van der Waals surface area contributed by atoms with E-state index in [0.29, 0.717) is 5.56 Å². The van der Waals surface area contributed by atoms with E-state index in [1.54, 1.807) is 12.3 Å². The van der Waals surface area contributed by atoms with Crippen LogP contribution >= 0.6 is 22.6 Å². The standard InChI is InChI=1S/C24H19IN4O/c1-17-11-13-18(14-12-17)23-19(16-29(28-23)20-7-3-2-4-8-20)15-26-27-24(30)21-9-5-6-10-22(21)25/h2-16H,1H3,(H,27,30). The Balaban J connectivity index is 1.65. The van der Waals surface area contributed by atoms with Crippen LogP contribution in [0.3, 0.4) is 0 Å². The van der Waals surface area contributed by atoms with Crippen molar-refractivity contribution >= 4 is 34.7 Å². The highest BCUT2D eigenvalue weighted by atomic mass is 127. The summed E-state index contributed by atoms with van der Waals surface area (Å²) in [6, 6.07) is 25.5. The molecule has 0 unspecified atom stereocenters. The fraction of sp³-hybridized carbons (Fsp3) is 0.0417. The van der Waals surface area contributed by atoms with Gasteiger partial charge in [0.25, 0.3) is 5.91 Å². The van der Waals surface area contributed by atoms with Gasteiger partial charge in [0.05, 0.1) is 17.5 Å². The summed E-state index contributed by atoms with van der Waals surface area (Å²) in [6.07, 6.45) is 3.54. The molecule has 0 radical (unpaired) electrons. The normalized spacial score (nSPS) is 11.0. The van der Waals surface area contributed by atoms with Crippen molar-refractivity contribution in [3.63, 3.8) is 0 Å². The number of aromatic nitrogens is 2. The first-order valence-electron chi connectivity index (χ1n) is 9.42. The van der Waals surface area contributed by atoms with Gasteiger partial charge in [-0.1, -0.05) is 60.2 Å². The number of hydrogen-bond acceptors (Lipinski definition) is 3. The first-order chi connectivity index (χ1) is 14.6. The molecule has 0 aliphatic carbocycles. The van der Waals surface area contributed by atoms with Gasteiger partial charge in [0.2, 0.25) is 0 Å². The van der Waals surface area contributed by atoms with Crippen molar-refractivity contribution in [1.29, 1.82) is 0 Å². The summed E-state index contributed by atoms with van der Waals surface area (Å²) in [6.45, 7) is 2.05. The molecule has 1 aromatic heterocycles. The van der Waals surface area contributed by atoms with Crippen LogP contribution in [0.1, 0.15) is 21.5 Å². The lowest BCUT2D eigenvalue weighted by Crippen LogP contribution is -2.18. The van der Waals surface area contributed by atoms with E-state index in [1.807, 2.05) is 71.5 Å². The number of nitrogens with one attached hydrogen (secondary N) is 1. The Morgan fingerprint density at radius 3 is 2.43 bits per heavy atom. The van der Waals surface area contributed by atoms with Crippen molar-refractivity contribution in [1.82, 2.24) is 15.2 Å². The Hall–Kier alpha value is -3.26. The van der Waals surface area contributed by atoms with Gasteiger partial charge in [-0.2, -0.15) is 10.2 Å². The van der Waals surface area contributed by atoms with Crippen molar-refractivity contribution < 1.29 is 4.79 Å². The van der Waals surface area contributed by atoms with Gasteiger partial charge in [-0.05, 0) is 53.8 Å². The topological polar surface area (TPSA) is 59.3 Å². The van der Waals surface area contributed by atoms with Gasteiger partial charge in [0.15, 0.2) is 0 Å². The Morgan fingerprint density at radius 2 is 1.70 bits per heavy atom. The van der Waals surface area contributed by atoms with Crippen LogP contribution in [0, 0.1) is 10.5 Å². The molecule has 0 fully saturated rings. The predicted molar refractivity (Wildman–Crippen MR) is 128 cm³/mol. The number of hydrazone groups is 1. The van der Waals surface area contributed by atoms with Crippen LogP contribution in [-0.4, -0.2) is 21.9 Å². The van der Waals surface area contributed by atoms with E-state index in [1.165, 1.54) is 5.56 Å². The second-order valence-corrected chi connectivity index (χ2v) is 7.92. The highest BCUT2D eigenvalue weighted by molar-refractivity contribution is 14.1. The molecule has 0 bridgehead atoms. The summed E-state index contributed by atoms with van der Waals surface area (Å²) in [5, 5.41) is 8.95. The van der Waals surface area contributed by atoms with Crippen molar-refractivity contribution in [2.24, 2.45) is 5.10 Å². The van der Waals surface area contributed by atoms with Crippen molar-refractivity contribution in [2.75, 3.05) is 0 Å². The molecule has 3 aromatic carbocycles. The zero-order valence-electron chi connectivity index (χ0n) is 16.3. The van der Waals surface area contributed by atoms with E-state index >= 15 is 0 Å². The molecular formula is C24H19IN4O. The minimum absolute atomic E-state index is 0.247. The Bertz CT molecular complexity index is 1200. The van der Waals surface area contributed by atoms with Crippen LogP contribution in [-0.2, 0) is 0 Å². The van der Waals surface area contributed by atoms with Gasteiger partial charge in [-0.3, -0.25) is 4.79 Å².